The van der Waals surface area contributed by atoms with Crippen LogP contribution in [0, 0.1) is 0 Å². The van der Waals surface area contributed by atoms with Gasteiger partial charge in [0.15, 0.2) is 0 Å². The SMILES string of the molecule is O=C(/C=C/c1ccnc2ccccc12)NO. The molecule has 0 spiro atoms. The second-order valence-electron chi connectivity index (χ2n) is 3.23. The molecule has 1 heterocycles. The third kappa shape index (κ3) is 2.07. The van der Waals surface area contributed by atoms with Gasteiger partial charge in [-0.3, -0.25) is 15.0 Å². The minimum atomic E-state index is -0.555. The summed E-state index contributed by atoms with van der Waals surface area (Å²) in [4.78, 5) is 15.1. The number of aromatic nitrogens is 1. The second-order valence-corrected chi connectivity index (χ2v) is 3.23. The fourth-order valence-corrected chi connectivity index (χ4v) is 1.47. The zero-order valence-corrected chi connectivity index (χ0v) is 8.42. The topological polar surface area (TPSA) is 62.2 Å². The third-order valence-corrected chi connectivity index (χ3v) is 2.21. The Balaban J connectivity index is 2.45. The van der Waals surface area contributed by atoms with Gasteiger partial charge in [0.25, 0.3) is 5.91 Å². The van der Waals surface area contributed by atoms with Gasteiger partial charge in [-0.05, 0) is 23.8 Å². The first-order valence-electron chi connectivity index (χ1n) is 4.77. The number of hydrogen-bond donors (Lipinski definition) is 2. The molecule has 2 rings (SSSR count). The maximum atomic E-state index is 10.9. The van der Waals surface area contributed by atoms with Crippen LogP contribution in [-0.2, 0) is 4.79 Å². The van der Waals surface area contributed by atoms with E-state index in [9.17, 15) is 4.79 Å². The zero-order chi connectivity index (χ0) is 11.4. The predicted molar refractivity (Wildman–Crippen MR) is 60.7 cm³/mol. The quantitative estimate of drug-likeness (QED) is 0.455. The van der Waals surface area contributed by atoms with E-state index in [1.54, 1.807) is 17.8 Å². The van der Waals surface area contributed by atoms with E-state index in [4.69, 9.17) is 5.21 Å². The number of amides is 1. The molecule has 16 heavy (non-hydrogen) atoms. The number of pyridine rings is 1. The minimum absolute atomic E-state index is 0.555. The van der Waals surface area contributed by atoms with E-state index < -0.39 is 5.91 Å². The summed E-state index contributed by atoms with van der Waals surface area (Å²) in [6, 6.07) is 9.46. The number of rotatable bonds is 2. The van der Waals surface area contributed by atoms with Crippen molar-refractivity contribution in [1.82, 2.24) is 10.5 Å². The van der Waals surface area contributed by atoms with Crippen LogP contribution in [0.2, 0.25) is 0 Å². The van der Waals surface area contributed by atoms with Gasteiger partial charge < -0.3 is 0 Å². The van der Waals surface area contributed by atoms with Crippen molar-refractivity contribution in [2.45, 2.75) is 0 Å². The standard InChI is InChI=1S/C12H10N2O2/c15-12(14-16)6-5-9-7-8-13-11-4-2-1-3-10(9)11/h1-8,16H,(H,14,15)/b6-5+. The summed E-state index contributed by atoms with van der Waals surface area (Å²) in [5.41, 5.74) is 3.29. The van der Waals surface area contributed by atoms with E-state index in [0.29, 0.717) is 0 Å². The number of benzene rings is 1. The molecule has 1 aromatic carbocycles. The van der Waals surface area contributed by atoms with Crippen LogP contribution in [0.5, 0.6) is 0 Å². The highest BCUT2D eigenvalue weighted by atomic mass is 16.5. The smallest absolute Gasteiger partial charge is 0.267 e. The molecule has 0 saturated carbocycles. The Morgan fingerprint density at radius 3 is 2.94 bits per heavy atom. The van der Waals surface area contributed by atoms with Gasteiger partial charge in [0.05, 0.1) is 5.52 Å². The first-order chi connectivity index (χ1) is 7.81. The van der Waals surface area contributed by atoms with Crippen molar-refractivity contribution >= 4 is 22.9 Å². The third-order valence-electron chi connectivity index (χ3n) is 2.21. The summed E-state index contributed by atoms with van der Waals surface area (Å²) in [5, 5.41) is 9.33. The molecular formula is C12H10N2O2. The van der Waals surface area contributed by atoms with Crippen LogP contribution in [0.1, 0.15) is 5.56 Å². The summed E-state index contributed by atoms with van der Waals surface area (Å²) in [6.07, 6.45) is 4.58. The van der Waals surface area contributed by atoms with E-state index in [-0.39, 0.29) is 0 Å². The first-order valence-corrected chi connectivity index (χ1v) is 4.77. The van der Waals surface area contributed by atoms with Crippen LogP contribution in [0.15, 0.2) is 42.6 Å². The van der Waals surface area contributed by atoms with Gasteiger partial charge in [-0.25, -0.2) is 5.48 Å². The molecule has 1 amide bonds. The molecular weight excluding hydrogens is 204 g/mol. The Labute approximate surface area is 92.2 Å². The lowest BCUT2D eigenvalue weighted by molar-refractivity contribution is -0.124. The number of para-hydroxylation sites is 1. The van der Waals surface area contributed by atoms with Gasteiger partial charge in [0.2, 0.25) is 0 Å². The van der Waals surface area contributed by atoms with Crippen molar-refractivity contribution in [3.63, 3.8) is 0 Å². The number of carbonyl (C=O) groups is 1. The van der Waals surface area contributed by atoms with Crippen molar-refractivity contribution < 1.29 is 10.0 Å². The van der Waals surface area contributed by atoms with Crippen molar-refractivity contribution in [3.05, 3.63) is 48.2 Å². The molecule has 4 nitrogen and oxygen atoms in total. The maximum Gasteiger partial charge on any atom is 0.267 e. The number of nitrogens with one attached hydrogen (secondary N) is 1. The van der Waals surface area contributed by atoms with Crippen LogP contribution in [0.3, 0.4) is 0 Å². The molecule has 0 saturated heterocycles. The van der Waals surface area contributed by atoms with Gasteiger partial charge in [-0.1, -0.05) is 18.2 Å². The van der Waals surface area contributed by atoms with Crippen molar-refractivity contribution in [3.8, 4) is 0 Å². The molecule has 80 valence electrons. The molecule has 0 atom stereocenters. The summed E-state index contributed by atoms with van der Waals surface area (Å²) in [7, 11) is 0. The first kappa shape index (κ1) is 10.3. The Kier molecular flexibility index (Phi) is 2.93. The summed E-state index contributed by atoms with van der Waals surface area (Å²) in [5.74, 6) is -0.555. The van der Waals surface area contributed by atoms with Gasteiger partial charge in [0.1, 0.15) is 0 Å². The largest absolute Gasteiger partial charge is 0.288 e. The molecule has 4 heteroatoms. The van der Waals surface area contributed by atoms with Gasteiger partial charge in [0, 0.05) is 17.7 Å². The van der Waals surface area contributed by atoms with Crippen molar-refractivity contribution in [2.24, 2.45) is 0 Å². The van der Waals surface area contributed by atoms with Gasteiger partial charge >= 0.3 is 0 Å². The van der Waals surface area contributed by atoms with Crippen molar-refractivity contribution in [2.75, 3.05) is 0 Å². The van der Waals surface area contributed by atoms with E-state index in [1.807, 2.05) is 30.3 Å². The van der Waals surface area contributed by atoms with Crippen molar-refractivity contribution in [1.29, 1.82) is 0 Å². The van der Waals surface area contributed by atoms with Crippen LogP contribution >= 0.6 is 0 Å². The van der Waals surface area contributed by atoms with Crippen LogP contribution in [0.4, 0.5) is 0 Å². The lowest BCUT2D eigenvalue weighted by Crippen LogP contribution is -2.14. The number of nitrogens with zero attached hydrogens (tertiary/aromatic N) is 1. The zero-order valence-electron chi connectivity index (χ0n) is 8.42. The number of hydroxylamine groups is 1. The molecule has 0 aliphatic rings. The van der Waals surface area contributed by atoms with E-state index in [2.05, 4.69) is 4.98 Å². The summed E-state index contributed by atoms with van der Waals surface area (Å²) < 4.78 is 0. The van der Waals surface area contributed by atoms with Gasteiger partial charge in [-0.2, -0.15) is 0 Å². The Hall–Kier alpha value is -2.20. The highest BCUT2D eigenvalue weighted by Gasteiger charge is 1.98. The molecule has 2 aromatic rings. The molecule has 0 unspecified atom stereocenters. The molecule has 1 aromatic heterocycles. The Bertz CT molecular complexity index is 544. The molecule has 0 bridgehead atoms. The lowest BCUT2D eigenvalue weighted by atomic mass is 10.1. The Morgan fingerprint density at radius 1 is 1.31 bits per heavy atom. The summed E-state index contributed by atoms with van der Waals surface area (Å²) >= 11 is 0. The minimum Gasteiger partial charge on any atom is -0.288 e. The molecule has 0 aliphatic heterocycles. The fourth-order valence-electron chi connectivity index (χ4n) is 1.47. The molecule has 2 N–H and O–H groups in total. The maximum absolute atomic E-state index is 10.9. The van der Waals surface area contributed by atoms with E-state index in [0.717, 1.165) is 16.5 Å². The summed E-state index contributed by atoms with van der Waals surface area (Å²) in [6.45, 7) is 0. The van der Waals surface area contributed by atoms with Crippen LogP contribution < -0.4 is 5.48 Å². The van der Waals surface area contributed by atoms with Crippen LogP contribution in [-0.4, -0.2) is 16.1 Å². The van der Waals surface area contributed by atoms with E-state index in [1.165, 1.54) is 6.08 Å². The normalized spacial score (nSPS) is 10.8. The monoisotopic (exact) mass is 214 g/mol. The molecule has 0 aliphatic carbocycles. The van der Waals surface area contributed by atoms with Gasteiger partial charge in [-0.15, -0.1) is 0 Å². The number of carbonyl (C=O) groups excluding carboxylic acids is 1. The fraction of sp³-hybridized carbons (Fsp3) is 0. The molecule has 0 fully saturated rings. The lowest BCUT2D eigenvalue weighted by Gasteiger charge is -2.00. The van der Waals surface area contributed by atoms with E-state index >= 15 is 0 Å². The average molecular weight is 214 g/mol. The highest BCUT2D eigenvalue weighted by Crippen LogP contribution is 2.17. The predicted octanol–water partition coefficient (Wildman–Crippen LogP) is 1.75. The highest BCUT2D eigenvalue weighted by molar-refractivity contribution is 5.95. The number of hydrogen-bond acceptors (Lipinski definition) is 3. The second kappa shape index (κ2) is 4.55. The molecule has 0 radical (unpaired) electrons. The Morgan fingerprint density at radius 2 is 2.12 bits per heavy atom. The average Bonchev–Trinajstić information content (AvgIpc) is 2.35. The van der Waals surface area contributed by atoms with Crippen LogP contribution in [0.25, 0.3) is 17.0 Å². The number of fused-ring (bicyclic) bond motifs is 1.